The first-order valence-electron chi connectivity index (χ1n) is 18.1. The zero-order valence-corrected chi connectivity index (χ0v) is 29.7. The highest BCUT2D eigenvalue weighted by Crippen LogP contribution is 2.63. The van der Waals surface area contributed by atoms with E-state index in [1.165, 1.54) is 9.80 Å². The van der Waals surface area contributed by atoms with Crippen LogP contribution in [0.1, 0.15) is 73.1 Å². The fraction of sp³-hybridized carbons (Fsp3) is 0.886. The van der Waals surface area contributed by atoms with Crippen LogP contribution in [0.25, 0.3) is 0 Å². The number of ether oxygens (including phenoxy) is 4. The molecule has 0 radical (unpaired) electrons. The highest BCUT2D eigenvalue weighted by molar-refractivity contribution is 5.92. The van der Waals surface area contributed by atoms with Crippen molar-refractivity contribution in [2.24, 2.45) is 34.0 Å². The third-order valence-electron chi connectivity index (χ3n) is 12.6. The number of alkyl halides is 3. The summed E-state index contributed by atoms with van der Waals surface area (Å²) in [5.41, 5.74) is -2.23. The second kappa shape index (κ2) is 12.2. The Morgan fingerprint density at radius 2 is 1.64 bits per heavy atom. The van der Waals surface area contributed by atoms with Crippen molar-refractivity contribution in [3.8, 4) is 0 Å². The van der Waals surface area contributed by atoms with E-state index < -0.39 is 70.8 Å². The van der Waals surface area contributed by atoms with Crippen molar-refractivity contribution in [1.82, 2.24) is 20.0 Å². The Hall–Kier alpha value is -2.65. The van der Waals surface area contributed by atoms with Gasteiger partial charge in [0.1, 0.15) is 11.6 Å². The molecule has 4 bridgehead atoms. The molecule has 0 aromatic carbocycles. The molecule has 50 heavy (non-hydrogen) atoms. The van der Waals surface area contributed by atoms with E-state index >= 15 is 0 Å². The maximum Gasteiger partial charge on any atom is 0.522 e. The lowest BCUT2D eigenvalue weighted by Crippen LogP contribution is -2.65. The molecule has 7 aliphatic heterocycles. The minimum absolute atomic E-state index is 0.0133. The summed E-state index contributed by atoms with van der Waals surface area (Å²) in [6.45, 7) is 11.0. The van der Waals surface area contributed by atoms with Gasteiger partial charge in [-0.25, -0.2) is 4.79 Å². The number of nitrogens with one attached hydrogen (secondary N) is 1. The molecular weight excluding hydrogens is 661 g/mol. The molecule has 0 aromatic heterocycles. The first kappa shape index (κ1) is 35.7. The van der Waals surface area contributed by atoms with Crippen LogP contribution in [0.2, 0.25) is 0 Å². The van der Waals surface area contributed by atoms with Gasteiger partial charge < -0.3 is 34.2 Å². The van der Waals surface area contributed by atoms with Crippen LogP contribution in [0.15, 0.2) is 0 Å². The second-order valence-corrected chi connectivity index (χ2v) is 17.7. The Bertz CT molecular complexity index is 1360. The third-order valence-corrected chi connectivity index (χ3v) is 12.6. The van der Waals surface area contributed by atoms with Crippen molar-refractivity contribution in [1.29, 1.82) is 0 Å². The number of carbonyl (C=O) groups is 4. The summed E-state index contributed by atoms with van der Waals surface area (Å²) in [4.78, 5) is 61.2. The van der Waals surface area contributed by atoms with Crippen molar-refractivity contribution >= 4 is 23.8 Å². The number of hydrogen-bond acceptors (Lipinski definition) is 8. The molecule has 7 heterocycles. The molecule has 280 valence electrons. The summed E-state index contributed by atoms with van der Waals surface area (Å²) in [5.74, 6) is -2.49. The Balaban J connectivity index is 1.19. The van der Waals surface area contributed by atoms with Gasteiger partial charge in [-0.05, 0) is 64.7 Å². The standard InChI is InChI=1S/C35H51F3N4O8/c1-31(2,3)50-30(46)41-14-22-27(43)39-25(29(45)40-12-8-21(9-13-40)49-35(36,37)38)26(48-19-33-10-6-20(7-11-33)47-18-33)23-24(32(23,4)5)28(44)42-16-34(22,15-41)17-42/h20-26H,6-19H2,1-5H3,(H,39,43)/t20?,22-,23?,24+,25-,26+,33?/m0/s1. The monoisotopic (exact) mass is 712 g/mol. The smallest absolute Gasteiger partial charge is 0.444 e. The summed E-state index contributed by atoms with van der Waals surface area (Å²) in [5, 5.41) is 3.07. The van der Waals surface area contributed by atoms with Gasteiger partial charge in [-0.3, -0.25) is 19.1 Å². The Morgan fingerprint density at radius 1 is 0.980 bits per heavy atom. The molecule has 12 nitrogen and oxygen atoms in total. The van der Waals surface area contributed by atoms with E-state index in [-0.39, 0.29) is 62.4 Å². The number of halogens is 3. The van der Waals surface area contributed by atoms with E-state index in [1.807, 2.05) is 13.8 Å². The minimum Gasteiger partial charge on any atom is -0.444 e. The SMILES string of the molecule is CC(C)(C)OC(=O)N1C[C@H]2C(=O)N[C@H](C(=O)N3CCC(OC(F)(F)F)CC3)[C@H](OCC34CCC(CC3)OC4)C3[C@H](C(=O)N4CC2(C1)C4)C3(C)C. The third kappa shape index (κ3) is 6.59. The topological polar surface area (TPSA) is 127 Å². The van der Waals surface area contributed by atoms with Crippen LogP contribution >= 0.6 is 0 Å². The summed E-state index contributed by atoms with van der Waals surface area (Å²) >= 11 is 0. The number of fused-ring (bicyclic) bond motifs is 6. The Kier molecular flexibility index (Phi) is 8.73. The van der Waals surface area contributed by atoms with Crippen molar-refractivity contribution < 1.29 is 51.3 Å². The zero-order chi connectivity index (χ0) is 36.0. The number of amides is 4. The van der Waals surface area contributed by atoms with E-state index in [9.17, 15) is 32.3 Å². The largest absolute Gasteiger partial charge is 0.522 e. The van der Waals surface area contributed by atoms with Gasteiger partial charge in [-0.2, -0.15) is 0 Å². The predicted molar refractivity (Wildman–Crippen MR) is 170 cm³/mol. The number of piperidine rings is 1. The van der Waals surface area contributed by atoms with E-state index in [2.05, 4.69) is 10.1 Å². The first-order chi connectivity index (χ1) is 23.3. The number of nitrogens with zero attached hydrogens (tertiary/aromatic N) is 3. The first-order valence-corrected chi connectivity index (χ1v) is 18.1. The van der Waals surface area contributed by atoms with Gasteiger partial charge in [0.2, 0.25) is 17.7 Å². The molecule has 2 aliphatic carbocycles. The maximum absolute atomic E-state index is 14.6. The van der Waals surface area contributed by atoms with Gasteiger partial charge in [0.25, 0.3) is 0 Å². The Morgan fingerprint density at radius 3 is 2.22 bits per heavy atom. The molecule has 7 saturated heterocycles. The zero-order valence-electron chi connectivity index (χ0n) is 29.7. The van der Waals surface area contributed by atoms with Crippen LogP contribution in [0.5, 0.6) is 0 Å². The van der Waals surface area contributed by atoms with Crippen molar-refractivity contribution in [2.45, 2.75) is 109 Å². The number of hydrogen-bond donors (Lipinski definition) is 1. The summed E-state index contributed by atoms with van der Waals surface area (Å²) < 4.78 is 61.7. The van der Waals surface area contributed by atoms with Crippen LogP contribution < -0.4 is 5.32 Å². The van der Waals surface area contributed by atoms with Gasteiger partial charge in [0.15, 0.2) is 0 Å². The summed E-state index contributed by atoms with van der Waals surface area (Å²) in [7, 11) is 0. The maximum atomic E-state index is 14.6. The molecule has 4 amide bonds. The fourth-order valence-electron chi connectivity index (χ4n) is 9.74. The van der Waals surface area contributed by atoms with Crippen LogP contribution in [0.3, 0.4) is 0 Å². The Labute approximate surface area is 291 Å². The van der Waals surface area contributed by atoms with Crippen molar-refractivity contribution in [2.75, 3.05) is 52.5 Å². The molecule has 9 fully saturated rings. The van der Waals surface area contributed by atoms with Gasteiger partial charge in [-0.15, -0.1) is 13.2 Å². The molecule has 0 aromatic rings. The van der Waals surface area contributed by atoms with Gasteiger partial charge in [-0.1, -0.05) is 13.8 Å². The minimum atomic E-state index is -4.78. The molecule has 1 unspecified atom stereocenters. The van der Waals surface area contributed by atoms with Gasteiger partial charge in [0.05, 0.1) is 37.4 Å². The lowest BCUT2D eigenvalue weighted by atomic mass is 9.71. The van der Waals surface area contributed by atoms with E-state index in [4.69, 9.17) is 14.2 Å². The molecular formula is C35H51F3N4O8. The van der Waals surface area contributed by atoms with Crippen LogP contribution in [-0.4, -0.2) is 127 Å². The molecule has 9 rings (SSSR count). The van der Waals surface area contributed by atoms with Crippen molar-refractivity contribution in [3.63, 3.8) is 0 Å². The van der Waals surface area contributed by atoms with Gasteiger partial charge in [0, 0.05) is 61.9 Å². The molecule has 5 atom stereocenters. The van der Waals surface area contributed by atoms with E-state index in [1.54, 1.807) is 25.7 Å². The number of carbonyl (C=O) groups excluding carboxylic acids is 4. The molecule has 9 aliphatic rings. The fourth-order valence-corrected chi connectivity index (χ4v) is 9.74. The van der Waals surface area contributed by atoms with Crippen LogP contribution in [0, 0.1) is 34.0 Å². The lowest BCUT2D eigenvalue weighted by molar-refractivity contribution is -0.345. The molecule has 15 heteroatoms. The van der Waals surface area contributed by atoms with Crippen LogP contribution in [0.4, 0.5) is 18.0 Å². The average Bonchev–Trinajstić information content (AvgIpc) is 3.36. The average molecular weight is 713 g/mol. The predicted octanol–water partition coefficient (Wildman–Crippen LogP) is 3.32. The summed E-state index contributed by atoms with van der Waals surface area (Å²) in [6, 6.07) is -1.19. The van der Waals surface area contributed by atoms with Crippen LogP contribution in [-0.2, 0) is 33.3 Å². The number of likely N-dealkylation sites (tertiary alicyclic amines) is 2. The molecule has 1 spiro atoms. The highest BCUT2D eigenvalue weighted by Gasteiger charge is 2.71. The quantitative estimate of drug-likeness (QED) is 0.461. The second-order valence-electron chi connectivity index (χ2n) is 17.7. The summed E-state index contributed by atoms with van der Waals surface area (Å²) in [6.07, 6.45) is -3.38. The van der Waals surface area contributed by atoms with Crippen molar-refractivity contribution in [3.05, 3.63) is 0 Å². The van der Waals surface area contributed by atoms with E-state index in [0.717, 1.165) is 25.7 Å². The molecule has 1 N–H and O–H groups in total. The highest BCUT2D eigenvalue weighted by atomic mass is 19.4. The van der Waals surface area contributed by atoms with E-state index in [0.29, 0.717) is 26.3 Å². The van der Waals surface area contributed by atoms with Gasteiger partial charge >= 0.3 is 12.5 Å². The molecule has 2 saturated carbocycles. The lowest BCUT2D eigenvalue weighted by Gasteiger charge is -2.50. The normalized spacial score (nSPS) is 36.5. The number of rotatable bonds is 5.